The average Bonchev–Trinajstić information content (AvgIpc) is 3.65. The minimum Gasteiger partial charge on any atom is -0.492 e. The van der Waals surface area contributed by atoms with E-state index in [1.807, 2.05) is 7.05 Å². The summed E-state index contributed by atoms with van der Waals surface area (Å²) in [6.45, 7) is 1.31. The number of carbonyl (C=O) groups is 2. The minimum atomic E-state index is -4.74. The fourth-order valence-electron chi connectivity index (χ4n) is 4.45. The zero-order chi connectivity index (χ0) is 26.6. The van der Waals surface area contributed by atoms with Gasteiger partial charge in [0.25, 0.3) is 0 Å². The van der Waals surface area contributed by atoms with E-state index in [1.165, 1.54) is 24.3 Å². The molecule has 8 nitrogen and oxygen atoms in total. The van der Waals surface area contributed by atoms with E-state index >= 15 is 0 Å². The van der Waals surface area contributed by atoms with Crippen molar-refractivity contribution in [3.63, 3.8) is 0 Å². The summed E-state index contributed by atoms with van der Waals surface area (Å²) < 4.78 is 52.1. The number of nitrogens with one attached hydrogen (secondary N) is 1. The lowest BCUT2D eigenvalue weighted by molar-refractivity contribution is -0.274. The van der Waals surface area contributed by atoms with Crippen LogP contribution in [0.2, 0.25) is 0 Å². The second-order valence-corrected chi connectivity index (χ2v) is 9.34. The first-order valence-electron chi connectivity index (χ1n) is 12.0. The van der Waals surface area contributed by atoms with Crippen LogP contribution in [0.4, 0.5) is 13.2 Å². The normalized spacial score (nSPS) is 20.8. The first-order chi connectivity index (χ1) is 17.5. The van der Waals surface area contributed by atoms with Gasteiger partial charge in [-0.1, -0.05) is 12.1 Å². The SMILES string of the molecule is CN(CCOc1ccc(OC(F)(F)F)cc1)C1CCOC(C(=O)NC2(c3ccc(C(=O)O)cc3)CC2)C1. The van der Waals surface area contributed by atoms with Crippen LogP contribution in [0.3, 0.4) is 0 Å². The maximum absolute atomic E-state index is 13.0. The third kappa shape index (κ3) is 7.14. The van der Waals surface area contributed by atoms with E-state index in [4.69, 9.17) is 14.6 Å². The number of amides is 1. The fraction of sp³-hybridized carbons (Fsp3) is 0.462. The zero-order valence-corrected chi connectivity index (χ0v) is 20.3. The molecule has 2 fully saturated rings. The summed E-state index contributed by atoms with van der Waals surface area (Å²) in [5.74, 6) is -1.06. The third-order valence-electron chi connectivity index (χ3n) is 6.74. The van der Waals surface area contributed by atoms with Gasteiger partial charge in [0, 0.05) is 19.2 Å². The van der Waals surface area contributed by atoms with Gasteiger partial charge in [-0.2, -0.15) is 0 Å². The molecule has 0 radical (unpaired) electrons. The van der Waals surface area contributed by atoms with Gasteiger partial charge in [-0.05, 0) is 74.7 Å². The van der Waals surface area contributed by atoms with E-state index < -0.39 is 24.0 Å². The molecule has 2 unspecified atom stereocenters. The third-order valence-corrected chi connectivity index (χ3v) is 6.74. The van der Waals surface area contributed by atoms with Crippen LogP contribution in [-0.2, 0) is 15.1 Å². The van der Waals surface area contributed by atoms with Crippen LogP contribution >= 0.6 is 0 Å². The summed E-state index contributed by atoms with van der Waals surface area (Å²) in [7, 11) is 1.93. The van der Waals surface area contributed by atoms with Crippen molar-refractivity contribution in [2.24, 2.45) is 0 Å². The highest BCUT2D eigenvalue weighted by Crippen LogP contribution is 2.45. The van der Waals surface area contributed by atoms with Gasteiger partial charge < -0.3 is 24.6 Å². The Labute approximate surface area is 212 Å². The van der Waals surface area contributed by atoms with Crippen molar-refractivity contribution in [1.29, 1.82) is 0 Å². The van der Waals surface area contributed by atoms with E-state index in [9.17, 15) is 22.8 Å². The Bertz CT molecular complexity index is 1090. The number of carboxylic acid groups (broad SMARTS) is 1. The molecule has 1 heterocycles. The van der Waals surface area contributed by atoms with Crippen LogP contribution < -0.4 is 14.8 Å². The molecule has 1 saturated heterocycles. The molecular formula is C26H29F3N2O6. The number of aromatic carboxylic acids is 1. The maximum atomic E-state index is 13.0. The molecule has 37 heavy (non-hydrogen) atoms. The molecule has 2 aliphatic rings. The maximum Gasteiger partial charge on any atom is 0.573 e. The highest BCUT2D eigenvalue weighted by atomic mass is 19.4. The predicted octanol–water partition coefficient (Wildman–Crippen LogP) is 3.95. The quantitative estimate of drug-likeness (QED) is 0.488. The van der Waals surface area contributed by atoms with Crippen molar-refractivity contribution in [2.45, 2.75) is 49.7 Å². The van der Waals surface area contributed by atoms with Gasteiger partial charge >= 0.3 is 12.3 Å². The van der Waals surface area contributed by atoms with Crippen molar-refractivity contribution in [1.82, 2.24) is 10.2 Å². The van der Waals surface area contributed by atoms with Crippen molar-refractivity contribution < 1.29 is 42.1 Å². The Hall–Kier alpha value is -3.31. The Morgan fingerprint density at radius 1 is 1.11 bits per heavy atom. The number of carboxylic acids is 1. The molecule has 200 valence electrons. The van der Waals surface area contributed by atoms with Gasteiger partial charge in [0.15, 0.2) is 0 Å². The Morgan fingerprint density at radius 3 is 2.35 bits per heavy atom. The number of likely N-dealkylation sites (N-methyl/N-ethyl adjacent to an activating group) is 1. The molecule has 0 aromatic heterocycles. The minimum absolute atomic E-state index is 0.0978. The van der Waals surface area contributed by atoms with E-state index in [-0.39, 0.29) is 23.3 Å². The first kappa shape index (κ1) is 26.7. The number of benzene rings is 2. The smallest absolute Gasteiger partial charge is 0.492 e. The van der Waals surface area contributed by atoms with Gasteiger partial charge in [0.2, 0.25) is 5.91 Å². The number of hydrogen-bond acceptors (Lipinski definition) is 6. The van der Waals surface area contributed by atoms with Gasteiger partial charge in [0.05, 0.1) is 11.1 Å². The standard InChI is InChI=1S/C26H29F3N2O6/c1-31(13-15-35-20-6-8-21(9-7-20)37-26(27,28)29)19-10-14-36-22(16-19)23(32)30-25(11-12-25)18-4-2-17(3-5-18)24(33)34/h2-9,19,22H,10-16H2,1H3,(H,30,32)(H,33,34). The molecule has 1 saturated carbocycles. The molecular weight excluding hydrogens is 493 g/mol. The lowest BCUT2D eigenvalue weighted by Gasteiger charge is -2.35. The second kappa shape index (κ2) is 11.0. The van der Waals surface area contributed by atoms with Crippen LogP contribution in [0.25, 0.3) is 0 Å². The number of carbonyl (C=O) groups excluding carboxylic acids is 1. The van der Waals surface area contributed by atoms with Crippen LogP contribution in [0.1, 0.15) is 41.6 Å². The van der Waals surface area contributed by atoms with Crippen molar-refractivity contribution in [3.05, 3.63) is 59.7 Å². The van der Waals surface area contributed by atoms with E-state index in [1.54, 1.807) is 24.3 Å². The van der Waals surface area contributed by atoms with E-state index in [0.717, 1.165) is 24.8 Å². The lowest BCUT2D eigenvalue weighted by atomic mass is 9.99. The second-order valence-electron chi connectivity index (χ2n) is 9.34. The van der Waals surface area contributed by atoms with Crippen molar-refractivity contribution in [2.75, 3.05) is 26.8 Å². The van der Waals surface area contributed by atoms with Crippen LogP contribution in [0, 0.1) is 0 Å². The summed E-state index contributed by atoms with van der Waals surface area (Å²) in [6, 6.07) is 11.9. The predicted molar refractivity (Wildman–Crippen MR) is 126 cm³/mol. The Balaban J connectivity index is 1.24. The monoisotopic (exact) mass is 522 g/mol. The number of nitrogens with zero attached hydrogens (tertiary/aromatic N) is 1. The molecule has 0 spiro atoms. The largest absolute Gasteiger partial charge is 0.573 e. The Morgan fingerprint density at radius 2 is 1.76 bits per heavy atom. The molecule has 11 heteroatoms. The fourth-order valence-corrected chi connectivity index (χ4v) is 4.45. The number of alkyl halides is 3. The molecule has 1 aliphatic carbocycles. The number of halogens is 3. The molecule has 1 aliphatic heterocycles. The van der Waals surface area contributed by atoms with Gasteiger partial charge in [-0.3, -0.25) is 9.69 Å². The summed E-state index contributed by atoms with van der Waals surface area (Å²) in [5.41, 5.74) is 0.597. The summed E-state index contributed by atoms with van der Waals surface area (Å²) in [4.78, 5) is 26.2. The van der Waals surface area contributed by atoms with Crippen LogP contribution in [0.5, 0.6) is 11.5 Å². The summed E-state index contributed by atoms with van der Waals surface area (Å²) >= 11 is 0. The molecule has 4 rings (SSSR count). The molecule has 2 atom stereocenters. The van der Waals surface area contributed by atoms with Crippen molar-refractivity contribution in [3.8, 4) is 11.5 Å². The van der Waals surface area contributed by atoms with Crippen LogP contribution in [0.15, 0.2) is 48.5 Å². The van der Waals surface area contributed by atoms with Gasteiger partial charge in [0.1, 0.15) is 24.2 Å². The number of ether oxygens (including phenoxy) is 3. The van der Waals surface area contributed by atoms with E-state index in [0.29, 0.717) is 31.9 Å². The molecule has 2 N–H and O–H groups in total. The van der Waals surface area contributed by atoms with E-state index in [2.05, 4.69) is 15.0 Å². The van der Waals surface area contributed by atoms with Gasteiger partial charge in [-0.25, -0.2) is 4.79 Å². The number of rotatable bonds is 10. The summed E-state index contributed by atoms with van der Waals surface area (Å²) in [6.07, 6.45) is -2.51. The topological polar surface area (TPSA) is 97.3 Å². The zero-order valence-electron chi connectivity index (χ0n) is 20.3. The van der Waals surface area contributed by atoms with Crippen LogP contribution in [-0.4, -0.2) is 67.2 Å². The number of hydrogen-bond donors (Lipinski definition) is 2. The summed E-state index contributed by atoms with van der Waals surface area (Å²) in [5, 5.41) is 12.2. The first-order valence-corrected chi connectivity index (χ1v) is 12.0. The lowest BCUT2D eigenvalue weighted by Crippen LogP contribution is -2.49. The molecule has 1 amide bonds. The average molecular weight is 523 g/mol. The highest BCUT2D eigenvalue weighted by Gasteiger charge is 2.47. The molecule has 2 aromatic rings. The molecule has 2 aromatic carbocycles. The van der Waals surface area contributed by atoms with Gasteiger partial charge in [-0.15, -0.1) is 13.2 Å². The molecule has 0 bridgehead atoms. The van der Waals surface area contributed by atoms with Crippen molar-refractivity contribution >= 4 is 11.9 Å². The highest BCUT2D eigenvalue weighted by molar-refractivity contribution is 5.87. The Kier molecular flexibility index (Phi) is 7.93.